The van der Waals surface area contributed by atoms with Crippen molar-refractivity contribution in [1.29, 1.82) is 0 Å². The zero-order chi connectivity index (χ0) is 11.4. The van der Waals surface area contributed by atoms with E-state index >= 15 is 0 Å². The highest BCUT2D eigenvalue weighted by Gasteiger charge is 2.15. The lowest BCUT2D eigenvalue weighted by Crippen LogP contribution is -2.13. The van der Waals surface area contributed by atoms with Crippen molar-refractivity contribution in [3.63, 3.8) is 0 Å². The number of halogens is 2. The van der Waals surface area contributed by atoms with Gasteiger partial charge in [-0.05, 0) is 31.4 Å². The lowest BCUT2D eigenvalue weighted by molar-refractivity contribution is 0.107. The summed E-state index contributed by atoms with van der Waals surface area (Å²) in [7, 11) is 0. The van der Waals surface area contributed by atoms with Gasteiger partial charge in [0, 0.05) is 13.2 Å². The molecule has 0 saturated carbocycles. The maximum absolute atomic E-state index is 13.2. The molecule has 1 aliphatic rings. The predicted molar refractivity (Wildman–Crippen MR) is 58.4 cm³/mol. The van der Waals surface area contributed by atoms with Gasteiger partial charge in [-0.3, -0.25) is 0 Å². The van der Waals surface area contributed by atoms with E-state index in [1.807, 2.05) is 0 Å². The molecule has 1 atom stereocenters. The minimum absolute atomic E-state index is 0.0412. The number of benzene rings is 1. The van der Waals surface area contributed by atoms with Crippen molar-refractivity contribution in [2.75, 3.05) is 18.5 Å². The lowest BCUT2D eigenvalue weighted by Gasteiger charge is -2.11. The Labute approximate surface area is 93.6 Å². The van der Waals surface area contributed by atoms with Crippen LogP contribution in [0.1, 0.15) is 19.3 Å². The Hall–Kier alpha value is -1.16. The lowest BCUT2D eigenvalue weighted by atomic mass is 10.2. The van der Waals surface area contributed by atoms with E-state index in [4.69, 9.17) is 4.74 Å². The van der Waals surface area contributed by atoms with Crippen molar-refractivity contribution in [3.8, 4) is 0 Å². The monoisotopic (exact) mass is 227 g/mol. The summed E-state index contributed by atoms with van der Waals surface area (Å²) < 4.78 is 31.9. The van der Waals surface area contributed by atoms with Gasteiger partial charge in [0.15, 0.2) is 0 Å². The number of rotatable bonds is 4. The van der Waals surface area contributed by atoms with Crippen LogP contribution in [-0.4, -0.2) is 19.3 Å². The minimum atomic E-state index is -0.549. The molecular weight excluding hydrogens is 212 g/mol. The van der Waals surface area contributed by atoms with Crippen molar-refractivity contribution in [2.24, 2.45) is 0 Å². The maximum Gasteiger partial charge on any atom is 0.149 e. The molecule has 0 aromatic heterocycles. The number of ether oxygens (including phenoxy) is 1. The third-order valence-electron chi connectivity index (χ3n) is 2.75. The Morgan fingerprint density at radius 3 is 2.69 bits per heavy atom. The number of anilines is 1. The molecule has 1 unspecified atom stereocenters. The van der Waals surface area contributed by atoms with Crippen LogP contribution in [0.25, 0.3) is 0 Å². The number of para-hydroxylation sites is 1. The van der Waals surface area contributed by atoms with Gasteiger partial charge in [0.1, 0.15) is 17.3 Å². The molecule has 1 aliphatic heterocycles. The molecule has 1 heterocycles. The fraction of sp³-hybridized carbons (Fsp3) is 0.500. The van der Waals surface area contributed by atoms with Gasteiger partial charge >= 0.3 is 0 Å². The topological polar surface area (TPSA) is 21.3 Å². The molecular formula is C12H15F2NO. The van der Waals surface area contributed by atoms with Crippen molar-refractivity contribution >= 4 is 5.69 Å². The van der Waals surface area contributed by atoms with E-state index in [1.165, 1.54) is 18.2 Å². The molecule has 0 amide bonds. The molecule has 0 radical (unpaired) electrons. The molecule has 0 aliphatic carbocycles. The normalized spacial score (nSPS) is 20.0. The summed E-state index contributed by atoms with van der Waals surface area (Å²) in [6.45, 7) is 1.33. The van der Waals surface area contributed by atoms with Crippen LogP contribution in [0.4, 0.5) is 14.5 Å². The number of hydrogen-bond donors (Lipinski definition) is 1. The summed E-state index contributed by atoms with van der Waals surface area (Å²) >= 11 is 0. The molecule has 0 spiro atoms. The largest absolute Gasteiger partial charge is 0.380 e. The second-order valence-corrected chi connectivity index (χ2v) is 3.95. The van der Waals surface area contributed by atoms with Crippen LogP contribution in [0, 0.1) is 11.6 Å². The average molecular weight is 227 g/mol. The van der Waals surface area contributed by atoms with E-state index in [2.05, 4.69) is 5.32 Å². The van der Waals surface area contributed by atoms with E-state index in [-0.39, 0.29) is 11.8 Å². The zero-order valence-corrected chi connectivity index (χ0v) is 9.01. The first-order valence-electron chi connectivity index (χ1n) is 5.57. The van der Waals surface area contributed by atoms with Crippen molar-refractivity contribution in [3.05, 3.63) is 29.8 Å². The average Bonchev–Trinajstić information content (AvgIpc) is 2.75. The summed E-state index contributed by atoms with van der Waals surface area (Å²) in [5, 5.41) is 2.78. The van der Waals surface area contributed by atoms with Crippen LogP contribution < -0.4 is 5.32 Å². The molecule has 1 aromatic rings. The standard InChI is InChI=1S/C12H15F2NO/c13-10-4-1-5-11(14)12(10)15-7-6-9-3-2-8-16-9/h1,4-5,9,15H,2-3,6-8H2. The third-order valence-corrected chi connectivity index (χ3v) is 2.75. The summed E-state index contributed by atoms with van der Waals surface area (Å²) in [6.07, 6.45) is 3.15. The van der Waals surface area contributed by atoms with Gasteiger partial charge in [0.25, 0.3) is 0 Å². The molecule has 16 heavy (non-hydrogen) atoms. The Morgan fingerprint density at radius 2 is 2.06 bits per heavy atom. The van der Waals surface area contributed by atoms with Crippen LogP contribution in [-0.2, 0) is 4.74 Å². The summed E-state index contributed by atoms with van der Waals surface area (Å²) in [5.74, 6) is -1.10. The second kappa shape index (κ2) is 5.25. The quantitative estimate of drug-likeness (QED) is 0.853. The molecule has 0 bridgehead atoms. The van der Waals surface area contributed by atoms with E-state index < -0.39 is 11.6 Å². The van der Waals surface area contributed by atoms with Crippen LogP contribution in [0.2, 0.25) is 0 Å². The summed E-state index contributed by atoms with van der Waals surface area (Å²) in [4.78, 5) is 0. The van der Waals surface area contributed by atoms with Crippen molar-refractivity contribution in [1.82, 2.24) is 0 Å². The first-order chi connectivity index (χ1) is 7.77. The maximum atomic E-state index is 13.2. The van der Waals surface area contributed by atoms with Crippen LogP contribution in [0.3, 0.4) is 0 Å². The Morgan fingerprint density at radius 1 is 1.31 bits per heavy atom. The van der Waals surface area contributed by atoms with Gasteiger partial charge in [-0.15, -0.1) is 0 Å². The smallest absolute Gasteiger partial charge is 0.149 e. The van der Waals surface area contributed by atoms with Gasteiger partial charge in [0.05, 0.1) is 6.10 Å². The molecule has 88 valence electrons. The number of hydrogen-bond acceptors (Lipinski definition) is 2. The van der Waals surface area contributed by atoms with Gasteiger partial charge in [0.2, 0.25) is 0 Å². The Bertz CT molecular complexity index is 331. The Kier molecular flexibility index (Phi) is 3.72. The third kappa shape index (κ3) is 2.70. The fourth-order valence-corrected chi connectivity index (χ4v) is 1.90. The van der Waals surface area contributed by atoms with Crippen molar-refractivity contribution < 1.29 is 13.5 Å². The molecule has 4 heteroatoms. The second-order valence-electron chi connectivity index (χ2n) is 3.95. The highest BCUT2D eigenvalue weighted by atomic mass is 19.1. The highest BCUT2D eigenvalue weighted by Crippen LogP contribution is 2.19. The van der Waals surface area contributed by atoms with Crippen LogP contribution >= 0.6 is 0 Å². The van der Waals surface area contributed by atoms with Gasteiger partial charge in [-0.25, -0.2) is 8.78 Å². The summed E-state index contributed by atoms with van der Waals surface area (Å²) in [5.41, 5.74) is -0.0412. The van der Waals surface area contributed by atoms with Crippen LogP contribution in [0.15, 0.2) is 18.2 Å². The fourth-order valence-electron chi connectivity index (χ4n) is 1.90. The minimum Gasteiger partial charge on any atom is -0.380 e. The zero-order valence-electron chi connectivity index (χ0n) is 9.01. The molecule has 1 N–H and O–H groups in total. The SMILES string of the molecule is Fc1cccc(F)c1NCCC1CCCO1. The van der Waals surface area contributed by atoms with Gasteiger partial charge < -0.3 is 10.1 Å². The van der Waals surface area contributed by atoms with Gasteiger partial charge in [-0.1, -0.05) is 6.07 Å². The summed E-state index contributed by atoms with van der Waals surface area (Å²) in [6, 6.07) is 3.85. The first kappa shape index (κ1) is 11.3. The van der Waals surface area contributed by atoms with Crippen LogP contribution in [0.5, 0.6) is 0 Å². The molecule has 1 aromatic carbocycles. The predicted octanol–water partition coefficient (Wildman–Crippen LogP) is 2.95. The molecule has 1 saturated heterocycles. The first-order valence-corrected chi connectivity index (χ1v) is 5.57. The van der Waals surface area contributed by atoms with E-state index in [0.29, 0.717) is 6.54 Å². The number of nitrogens with one attached hydrogen (secondary N) is 1. The Balaban J connectivity index is 1.84. The van der Waals surface area contributed by atoms with E-state index in [1.54, 1.807) is 0 Å². The highest BCUT2D eigenvalue weighted by molar-refractivity contribution is 5.45. The van der Waals surface area contributed by atoms with E-state index in [0.717, 1.165) is 25.9 Å². The van der Waals surface area contributed by atoms with Gasteiger partial charge in [-0.2, -0.15) is 0 Å². The molecule has 2 rings (SSSR count). The molecule has 2 nitrogen and oxygen atoms in total. The molecule has 1 fully saturated rings. The van der Waals surface area contributed by atoms with E-state index in [9.17, 15) is 8.78 Å². The van der Waals surface area contributed by atoms with Crippen molar-refractivity contribution in [2.45, 2.75) is 25.4 Å².